The Balaban J connectivity index is 1.01. The first-order chi connectivity index (χ1) is 34.9. The van der Waals surface area contributed by atoms with Crippen LogP contribution in [0.15, 0.2) is 85.3 Å². The van der Waals surface area contributed by atoms with Crippen LogP contribution in [0, 0.1) is 19.7 Å². The van der Waals surface area contributed by atoms with Crippen LogP contribution in [0.5, 0.6) is 28.9 Å². The second kappa shape index (κ2) is 21.9. The molecule has 72 heavy (non-hydrogen) atoms. The van der Waals surface area contributed by atoms with E-state index in [9.17, 15) is 14.3 Å². The Hall–Kier alpha value is -6.18. The Morgan fingerprint density at radius 3 is 2.36 bits per heavy atom. The first kappa shape index (κ1) is 49.4. The quantitative estimate of drug-likeness (QED) is 0.130. The maximum atomic E-state index is 14.4. The molecule has 4 aliphatic heterocycles. The average Bonchev–Trinajstić information content (AvgIpc) is 3.78. The standard InChI is InChI=1S/C53H51Cl2FN6O9S/c1-30-43-31(2)47(55)48(46(30)54)70-39(24-62-18-16-61(3)17-19-62)27-68-38-12-13-41(69-25-36-14-15-57-50(60-36)33-6-10-37(11-7-33)67-28-40-26-65-20-21-66-40)34(22-38)23-42(53(63)64)71-51-45-44(43)49(72-52(45)59-29-58-51)32-4-8-35(56)9-5-32/h4-15,22,29,39-40,42H,16-21,23-28H2,1-3H3,(H,63,64)/t39-,40+,42-/m1/s1. The molecular formula is C53H51Cl2FN6O9S. The highest BCUT2D eigenvalue weighted by molar-refractivity contribution is 7.22. The van der Waals surface area contributed by atoms with Gasteiger partial charge in [0.2, 0.25) is 12.0 Å². The number of halogens is 3. The van der Waals surface area contributed by atoms with Crippen molar-refractivity contribution in [1.82, 2.24) is 29.7 Å². The van der Waals surface area contributed by atoms with E-state index in [1.165, 1.54) is 29.8 Å². The fourth-order valence-corrected chi connectivity index (χ4v) is 10.7. The number of nitrogens with zero attached hydrogens (tertiary/aromatic N) is 6. The number of fused-ring (bicyclic) bond motifs is 7. The summed E-state index contributed by atoms with van der Waals surface area (Å²) in [7, 11) is 2.10. The molecule has 0 unspecified atom stereocenters. The van der Waals surface area contributed by atoms with Crippen molar-refractivity contribution in [1.29, 1.82) is 0 Å². The summed E-state index contributed by atoms with van der Waals surface area (Å²) in [6, 6.07) is 20.6. The molecule has 4 aliphatic rings. The number of aliphatic carboxylic acids is 1. The number of hydrogen-bond acceptors (Lipinski definition) is 15. The molecule has 0 aliphatic carbocycles. The number of carbonyl (C=O) groups is 1. The summed E-state index contributed by atoms with van der Waals surface area (Å²) in [5.41, 5.74) is 5.09. The topological polar surface area (TPSA) is 160 Å². The normalized spacial score (nSPS) is 18.7. The fourth-order valence-electron chi connectivity index (χ4n) is 9.00. The van der Waals surface area contributed by atoms with Gasteiger partial charge in [-0.05, 0) is 104 Å². The van der Waals surface area contributed by atoms with Crippen molar-refractivity contribution in [3.8, 4) is 61.8 Å². The summed E-state index contributed by atoms with van der Waals surface area (Å²) < 4.78 is 57.9. The van der Waals surface area contributed by atoms with Gasteiger partial charge in [-0.3, -0.25) is 4.90 Å². The van der Waals surface area contributed by atoms with E-state index in [0.717, 1.165) is 31.7 Å². The molecule has 2 fully saturated rings. The molecule has 7 aromatic rings. The molecule has 374 valence electrons. The molecule has 3 atom stereocenters. The van der Waals surface area contributed by atoms with Crippen molar-refractivity contribution >= 4 is 50.7 Å². The number of carboxylic acid groups (broad SMARTS) is 1. The molecule has 11 rings (SSSR count). The van der Waals surface area contributed by atoms with Gasteiger partial charge in [0.15, 0.2) is 11.6 Å². The fraction of sp³-hybridized carbons (Fsp3) is 0.340. The molecule has 2 saturated heterocycles. The Kier molecular flexibility index (Phi) is 15.0. The van der Waals surface area contributed by atoms with Gasteiger partial charge < -0.3 is 43.2 Å². The van der Waals surface area contributed by atoms with Crippen molar-refractivity contribution in [2.75, 3.05) is 72.8 Å². The molecule has 3 aromatic heterocycles. The lowest BCUT2D eigenvalue weighted by Crippen LogP contribution is -2.49. The molecule has 4 aromatic carbocycles. The van der Waals surface area contributed by atoms with Crippen molar-refractivity contribution in [2.45, 2.75) is 45.2 Å². The van der Waals surface area contributed by atoms with Gasteiger partial charge >= 0.3 is 5.97 Å². The summed E-state index contributed by atoms with van der Waals surface area (Å²) in [5, 5.41) is 11.9. The highest BCUT2D eigenvalue weighted by Crippen LogP contribution is 2.53. The Labute approximate surface area is 429 Å². The van der Waals surface area contributed by atoms with E-state index in [2.05, 4.69) is 31.8 Å². The Bertz CT molecular complexity index is 3050. The van der Waals surface area contributed by atoms with Gasteiger partial charge in [0, 0.05) is 66.9 Å². The van der Waals surface area contributed by atoms with Gasteiger partial charge in [-0.2, -0.15) is 0 Å². The zero-order chi connectivity index (χ0) is 49.9. The van der Waals surface area contributed by atoms with Gasteiger partial charge in [-0.1, -0.05) is 35.3 Å². The minimum Gasteiger partial charge on any atom is -0.491 e. The van der Waals surface area contributed by atoms with Crippen LogP contribution in [0.1, 0.15) is 22.4 Å². The van der Waals surface area contributed by atoms with Crippen LogP contribution in [0.2, 0.25) is 10.0 Å². The minimum atomic E-state index is -1.48. The summed E-state index contributed by atoms with van der Waals surface area (Å²) in [4.78, 5) is 37.7. The number of benzene rings is 4. The number of ether oxygens (including phenoxy) is 7. The number of thiophene rings is 1. The van der Waals surface area contributed by atoms with Gasteiger partial charge in [0.1, 0.15) is 66.3 Å². The minimum absolute atomic E-state index is 0.0192. The molecule has 7 heterocycles. The molecule has 4 bridgehead atoms. The SMILES string of the molecule is Cc1c(Cl)c2c(Cl)c(C)c1-c1c(-c3ccc(F)cc3)sc3ncnc(c13)O[C@@H](C(=O)O)Cc1cc(ccc1OCc1ccnc(-c3ccc(OC[C@@H]4COCCO4)cc3)n1)OC[C@@H](CN1CCN(C)CC1)O2. The monoisotopic (exact) mass is 1040 g/mol. The zero-order valence-electron chi connectivity index (χ0n) is 39.7. The summed E-state index contributed by atoms with van der Waals surface area (Å²) >= 11 is 16.0. The third-order valence-electron chi connectivity index (χ3n) is 12.9. The number of aromatic nitrogens is 4. The highest BCUT2D eigenvalue weighted by Gasteiger charge is 2.32. The second-order valence-corrected chi connectivity index (χ2v) is 19.6. The van der Waals surface area contributed by atoms with Crippen molar-refractivity contribution in [3.63, 3.8) is 0 Å². The van der Waals surface area contributed by atoms with Crippen molar-refractivity contribution in [3.05, 3.63) is 124 Å². The van der Waals surface area contributed by atoms with Gasteiger partial charge in [0.25, 0.3) is 0 Å². The number of carboxylic acids is 1. The van der Waals surface area contributed by atoms with Gasteiger partial charge in [-0.25, -0.2) is 29.1 Å². The van der Waals surface area contributed by atoms with Crippen LogP contribution in [-0.4, -0.2) is 132 Å². The molecule has 0 radical (unpaired) electrons. The third-order valence-corrected chi connectivity index (χ3v) is 14.9. The predicted molar refractivity (Wildman–Crippen MR) is 272 cm³/mol. The van der Waals surface area contributed by atoms with E-state index in [4.69, 9.17) is 61.3 Å². The lowest BCUT2D eigenvalue weighted by molar-refractivity contribution is -0.145. The number of hydrogen-bond donors (Lipinski definition) is 1. The van der Waals surface area contributed by atoms with Crippen LogP contribution in [0.25, 0.3) is 43.2 Å². The van der Waals surface area contributed by atoms with E-state index in [1.54, 1.807) is 42.6 Å². The Morgan fingerprint density at radius 2 is 1.62 bits per heavy atom. The molecule has 0 spiro atoms. The van der Waals surface area contributed by atoms with Crippen molar-refractivity contribution in [2.24, 2.45) is 0 Å². The van der Waals surface area contributed by atoms with Crippen LogP contribution < -0.4 is 23.7 Å². The first-order valence-corrected chi connectivity index (χ1v) is 25.1. The predicted octanol–water partition coefficient (Wildman–Crippen LogP) is 9.38. The van der Waals surface area contributed by atoms with Crippen molar-refractivity contribution < 1.29 is 47.4 Å². The van der Waals surface area contributed by atoms with E-state index < -0.39 is 24.0 Å². The highest BCUT2D eigenvalue weighted by atomic mass is 35.5. The number of rotatable bonds is 11. The van der Waals surface area contributed by atoms with Gasteiger partial charge in [0.05, 0.1) is 40.9 Å². The first-order valence-electron chi connectivity index (χ1n) is 23.6. The Morgan fingerprint density at radius 1 is 0.861 bits per heavy atom. The number of likely N-dealkylation sites (N-methyl/N-ethyl adjacent to an activating group) is 1. The van der Waals surface area contributed by atoms with Crippen LogP contribution >= 0.6 is 34.5 Å². The van der Waals surface area contributed by atoms with Gasteiger partial charge in [-0.15, -0.1) is 11.3 Å². The summed E-state index contributed by atoms with van der Waals surface area (Å²) in [5.74, 6) is 0.686. The average molecular weight is 1040 g/mol. The maximum absolute atomic E-state index is 14.4. The number of piperazine rings is 1. The van der Waals surface area contributed by atoms with E-state index in [-0.39, 0.29) is 31.6 Å². The third kappa shape index (κ3) is 10.9. The van der Waals surface area contributed by atoms with E-state index in [0.29, 0.717) is 126 Å². The summed E-state index contributed by atoms with van der Waals surface area (Å²) in [6.45, 7) is 9.83. The van der Waals surface area contributed by atoms with Crippen LogP contribution in [0.3, 0.4) is 0 Å². The molecule has 15 nitrogen and oxygen atoms in total. The van der Waals surface area contributed by atoms with Crippen LogP contribution in [0.4, 0.5) is 4.39 Å². The summed E-state index contributed by atoms with van der Waals surface area (Å²) in [6.07, 6.45) is 0.683. The lowest BCUT2D eigenvalue weighted by Gasteiger charge is -2.35. The maximum Gasteiger partial charge on any atom is 0.345 e. The molecular weight excluding hydrogens is 987 g/mol. The zero-order valence-corrected chi connectivity index (χ0v) is 42.1. The molecule has 0 amide bonds. The van der Waals surface area contributed by atoms with E-state index >= 15 is 0 Å². The second-order valence-electron chi connectivity index (χ2n) is 17.9. The smallest absolute Gasteiger partial charge is 0.345 e. The lowest BCUT2D eigenvalue weighted by atomic mass is 9.92. The molecule has 19 heteroatoms. The van der Waals surface area contributed by atoms with E-state index in [1.807, 2.05) is 38.1 Å². The molecule has 1 N–H and O–H groups in total. The van der Waals surface area contributed by atoms with Crippen LogP contribution in [-0.2, 0) is 27.3 Å². The molecule has 0 saturated carbocycles. The largest absolute Gasteiger partial charge is 0.491 e.